The predicted octanol–water partition coefficient (Wildman–Crippen LogP) is 4.59. The molecule has 4 nitrogen and oxygen atoms in total. The van der Waals surface area contributed by atoms with E-state index < -0.39 is 11.7 Å². The Bertz CT molecular complexity index is 927. The highest BCUT2D eigenvalue weighted by atomic mass is 19.4. The molecule has 0 spiro atoms. The third-order valence-corrected chi connectivity index (χ3v) is 4.91. The Morgan fingerprint density at radius 1 is 1.07 bits per heavy atom. The van der Waals surface area contributed by atoms with Crippen LogP contribution in [-0.2, 0) is 6.18 Å². The van der Waals surface area contributed by atoms with Gasteiger partial charge in [0.2, 0.25) is 0 Å². The molecule has 1 unspecified atom stereocenters. The van der Waals surface area contributed by atoms with E-state index in [0.29, 0.717) is 11.4 Å². The molecule has 0 saturated carbocycles. The fourth-order valence-electron chi connectivity index (χ4n) is 3.52. The lowest BCUT2D eigenvalue weighted by atomic mass is 10.1. The standard InChI is InChI=1S/C20H19F3N4/c21-20(22,23)15-4-5-16-17(11-15)24-9-6-18(16)27-10-7-14(13-27)12-26-19-3-1-2-8-25-19/h1-6,8-9,11,14H,7,10,12-13H2,(H,25,26). The van der Waals surface area contributed by atoms with E-state index in [2.05, 4.69) is 20.2 Å². The summed E-state index contributed by atoms with van der Waals surface area (Å²) in [5, 5.41) is 4.10. The fraction of sp³-hybridized carbons (Fsp3) is 0.300. The molecule has 0 amide bonds. The number of aromatic nitrogens is 2. The van der Waals surface area contributed by atoms with Gasteiger partial charge in [0.1, 0.15) is 5.82 Å². The first kappa shape index (κ1) is 17.6. The van der Waals surface area contributed by atoms with Gasteiger partial charge in [-0.3, -0.25) is 4.98 Å². The van der Waals surface area contributed by atoms with Gasteiger partial charge in [-0.15, -0.1) is 0 Å². The predicted molar refractivity (Wildman–Crippen MR) is 99.8 cm³/mol. The third-order valence-electron chi connectivity index (χ3n) is 4.91. The summed E-state index contributed by atoms with van der Waals surface area (Å²) < 4.78 is 38.8. The molecule has 1 atom stereocenters. The molecule has 3 heterocycles. The van der Waals surface area contributed by atoms with Crippen LogP contribution >= 0.6 is 0 Å². The summed E-state index contributed by atoms with van der Waals surface area (Å²) in [5.41, 5.74) is 0.643. The van der Waals surface area contributed by atoms with Gasteiger partial charge in [0.15, 0.2) is 0 Å². The largest absolute Gasteiger partial charge is 0.416 e. The number of rotatable bonds is 4. The zero-order chi connectivity index (χ0) is 18.9. The summed E-state index contributed by atoms with van der Waals surface area (Å²) in [6, 6.07) is 11.4. The Morgan fingerprint density at radius 3 is 2.74 bits per heavy atom. The number of fused-ring (bicyclic) bond motifs is 1. The van der Waals surface area contributed by atoms with Crippen molar-refractivity contribution >= 4 is 22.4 Å². The first-order chi connectivity index (χ1) is 13.0. The van der Waals surface area contributed by atoms with Gasteiger partial charge in [-0.2, -0.15) is 13.2 Å². The van der Waals surface area contributed by atoms with Crippen LogP contribution in [0.4, 0.5) is 24.7 Å². The number of hydrogen-bond acceptors (Lipinski definition) is 4. The normalized spacial score (nSPS) is 17.4. The second-order valence-electron chi connectivity index (χ2n) is 6.76. The number of nitrogens with zero attached hydrogens (tertiary/aromatic N) is 3. The zero-order valence-corrected chi connectivity index (χ0v) is 14.6. The third kappa shape index (κ3) is 3.82. The average molecular weight is 372 g/mol. The van der Waals surface area contributed by atoms with Crippen LogP contribution in [0.2, 0.25) is 0 Å². The van der Waals surface area contributed by atoms with Gasteiger partial charge in [-0.25, -0.2) is 4.98 Å². The van der Waals surface area contributed by atoms with E-state index in [9.17, 15) is 13.2 Å². The molecule has 1 aromatic carbocycles. The van der Waals surface area contributed by atoms with Crippen molar-refractivity contribution in [2.24, 2.45) is 5.92 Å². The summed E-state index contributed by atoms with van der Waals surface area (Å²) in [4.78, 5) is 10.6. The lowest BCUT2D eigenvalue weighted by Crippen LogP contribution is -2.23. The summed E-state index contributed by atoms with van der Waals surface area (Å²) >= 11 is 0. The van der Waals surface area contributed by atoms with Crippen molar-refractivity contribution < 1.29 is 13.2 Å². The van der Waals surface area contributed by atoms with Gasteiger partial charge in [0.25, 0.3) is 0 Å². The molecule has 3 aromatic rings. The highest BCUT2D eigenvalue weighted by Crippen LogP contribution is 2.34. The molecular formula is C20H19F3N4. The molecule has 2 aromatic heterocycles. The minimum Gasteiger partial charge on any atom is -0.371 e. The second-order valence-corrected chi connectivity index (χ2v) is 6.76. The smallest absolute Gasteiger partial charge is 0.371 e. The van der Waals surface area contributed by atoms with E-state index in [1.54, 1.807) is 12.4 Å². The number of pyridine rings is 2. The monoisotopic (exact) mass is 372 g/mol. The maximum absolute atomic E-state index is 12.9. The molecule has 1 aliphatic rings. The van der Waals surface area contributed by atoms with Gasteiger partial charge in [0.05, 0.1) is 11.1 Å². The molecule has 0 bridgehead atoms. The van der Waals surface area contributed by atoms with Gasteiger partial charge in [-0.1, -0.05) is 12.1 Å². The molecule has 1 fully saturated rings. The van der Waals surface area contributed by atoms with Crippen LogP contribution in [0.15, 0.2) is 54.9 Å². The summed E-state index contributed by atoms with van der Waals surface area (Å²) in [6.07, 6.45) is -0.00900. The van der Waals surface area contributed by atoms with Crippen LogP contribution < -0.4 is 10.2 Å². The molecule has 1 N–H and O–H groups in total. The molecule has 27 heavy (non-hydrogen) atoms. The van der Waals surface area contributed by atoms with E-state index in [1.165, 1.54) is 6.07 Å². The minimum absolute atomic E-state index is 0.373. The molecular weight excluding hydrogens is 353 g/mol. The molecule has 4 rings (SSSR count). The van der Waals surface area contributed by atoms with Crippen LogP contribution in [-0.4, -0.2) is 29.6 Å². The summed E-state index contributed by atoms with van der Waals surface area (Å²) in [6.45, 7) is 2.53. The Hall–Kier alpha value is -2.83. The Labute approximate surface area is 155 Å². The quantitative estimate of drug-likeness (QED) is 0.727. The van der Waals surface area contributed by atoms with Gasteiger partial charge >= 0.3 is 6.18 Å². The van der Waals surface area contributed by atoms with E-state index in [-0.39, 0.29) is 0 Å². The van der Waals surface area contributed by atoms with Crippen molar-refractivity contribution in [3.63, 3.8) is 0 Å². The van der Waals surface area contributed by atoms with Crippen LogP contribution in [0.25, 0.3) is 10.9 Å². The number of hydrogen-bond donors (Lipinski definition) is 1. The topological polar surface area (TPSA) is 41.0 Å². The van der Waals surface area contributed by atoms with Crippen LogP contribution in [0.3, 0.4) is 0 Å². The van der Waals surface area contributed by atoms with E-state index in [4.69, 9.17) is 0 Å². The summed E-state index contributed by atoms with van der Waals surface area (Å²) in [5.74, 6) is 1.30. The average Bonchev–Trinajstić information content (AvgIpc) is 3.14. The lowest BCUT2D eigenvalue weighted by Gasteiger charge is -2.21. The Morgan fingerprint density at radius 2 is 1.96 bits per heavy atom. The molecule has 140 valence electrons. The molecule has 0 radical (unpaired) electrons. The second kappa shape index (κ2) is 7.06. The van der Waals surface area contributed by atoms with Crippen molar-refractivity contribution in [1.82, 2.24) is 9.97 Å². The van der Waals surface area contributed by atoms with Crippen LogP contribution in [0, 0.1) is 5.92 Å². The zero-order valence-electron chi connectivity index (χ0n) is 14.6. The van der Waals surface area contributed by atoms with Gasteiger partial charge < -0.3 is 10.2 Å². The minimum atomic E-state index is -4.36. The maximum atomic E-state index is 12.9. The van der Waals surface area contributed by atoms with Gasteiger partial charge in [0, 0.05) is 43.1 Å². The maximum Gasteiger partial charge on any atom is 0.416 e. The first-order valence-electron chi connectivity index (χ1n) is 8.86. The van der Waals surface area contributed by atoms with E-state index >= 15 is 0 Å². The van der Waals surface area contributed by atoms with Crippen molar-refractivity contribution in [2.45, 2.75) is 12.6 Å². The first-order valence-corrected chi connectivity index (χ1v) is 8.86. The highest BCUT2D eigenvalue weighted by Gasteiger charge is 2.31. The Kier molecular flexibility index (Phi) is 4.59. The molecule has 7 heteroatoms. The van der Waals surface area contributed by atoms with Crippen molar-refractivity contribution in [3.8, 4) is 0 Å². The molecule has 1 saturated heterocycles. The number of nitrogens with one attached hydrogen (secondary N) is 1. The number of benzene rings is 1. The van der Waals surface area contributed by atoms with E-state index in [1.807, 2.05) is 24.3 Å². The number of alkyl halides is 3. The SMILES string of the molecule is FC(F)(F)c1ccc2c(N3CCC(CNc4ccccn4)C3)ccnc2c1. The highest BCUT2D eigenvalue weighted by molar-refractivity contribution is 5.92. The van der Waals surface area contributed by atoms with Crippen molar-refractivity contribution in [2.75, 3.05) is 29.9 Å². The van der Waals surface area contributed by atoms with Crippen molar-refractivity contribution in [3.05, 3.63) is 60.4 Å². The van der Waals surface area contributed by atoms with Crippen LogP contribution in [0.5, 0.6) is 0 Å². The lowest BCUT2D eigenvalue weighted by molar-refractivity contribution is -0.137. The van der Waals surface area contributed by atoms with E-state index in [0.717, 1.165) is 55.1 Å². The summed E-state index contributed by atoms with van der Waals surface area (Å²) in [7, 11) is 0. The molecule has 1 aliphatic heterocycles. The Balaban J connectivity index is 1.49. The number of anilines is 2. The van der Waals surface area contributed by atoms with Gasteiger partial charge in [-0.05, 0) is 42.7 Å². The van der Waals surface area contributed by atoms with Crippen LogP contribution in [0.1, 0.15) is 12.0 Å². The number of halogens is 3. The molecule has 0 aliphatic carbocycles. The van der Waals surface area contributed by atoms with Crippen molar-refractivity contribution in [1.29, 1.82) is 0 Å². The fourth-order valence-corrected chi connectivity index (χ4v) is 3.52.